The van der Waals surface area contributed by atoms with E-state index in [1.807, 2.05) is 0 Å². The summed E-state index contributed by atoms with van der Waals surface area (Å²) in [6.45, 7) is 0. The van der Waals surface area contributed by atoms with Crippen molar-refractivity contribution in [2.24, 2.45) is 0 Å². The maximum absolute atomic E-state index is 12.2. The molecular weight excluding hydrogens is 344 g/mol. The van der Waals surface area contributed by atoms with Gasteiger partial charge in [0, 0.05) is 35.3 Å². The molecule has 10 heteroatoms. The molecule has 132 valence electrons. The maximum atomic E-state index is 12.2. The van der Waals surface area contributed by atoms with Crippen molar-refractivity contribution in [1.82, 2.24) is 4.98 Å². The fraction of sp³-hybridized carbons (Fsp3) is 0.125. The van der Waals surface area contributed by atoms with Gasteiger partial charge >= 0.3 is 5.97 Å². The van der Waals surface area contributed by atoms with Gasteiger partial charge in [0.2, 0.25) is 5.91 Å². The fourth-order valence-electron chi connectivity index (χ4n) is 2.60. The summed E-state index contributed by atoms with van der Waals surface area (Å²) < 4.78 is 4.57. The van der Waals surface area contributed by atoms with Crippen molar-refractivity contribution >= 4 is 34.8 Å². The van der Waals surface area contributed by atoms with Crippen LogP contribution in [0.4, 0.5) is 17.1 Å². The first-order valence-electron chi connectivity index (χ1n) is 7.34. The fourth-order valence-corrected chi connectivity index (χ4v) is 2.60. The van der Waals surface area contributed by atoms with E-state index in [0.717, 1.165) is 13.2 Å². The van der Waals surface area contributed by atoms with Crippen LogP contribution < -0.4 is 10.6 Å². The molecule has 1 atom stereocenters. The number of fused-ring (bicyclic) bond motifs is 1. The molecule has 3 rings (SSSR count). The van der Waals surface area contributed by atoms with Gasteiger partial charge in [0.25, 0.3) is 11.6 Å². The van der Waals surface area contributed by atoms with Crippen molar-refractivity contribution in [2.75, 3.05) is 17.7 Å². The summed E-state index contributed by atoms with van der Waals surface area (Å²) in [5, 5.41) is 16.3. The molecule has 2 N–H and O–H groups in total. The minimum atomic E-state index is -1.29. The van der Waals surface area contributed by atoms with Gasteiger partial charge in [-0.05, 0) is 18.2 Å². The highest BCUT2D eigenvalue weighted by molar-refractivity contribution is 6.16. The molecule has 2 aromatic rings. The number of anilines is 2. The zero-order valence-electron chi connectivity index (χ0n) is 13.4. The van der Waals surface area contributed by atoms with Gasteiger partial charge in [0.1, 0.15) is 5.69 Å². The first kappa shape index (κ1) is 17.0. The number of nitrogens with one attached hydrogen (secondary N) is 2. The molecule has 2 heterocycles. The summed E-state index contributed by atoms with van der Waals surface area (Å²) in [5.41, 5.74) is 0.0145. The molecule has 1 aromatic heterocycles. The van der Waals surface area contributed by atoms with Crippen molar-refractivity contribution in [2.45, 2.75) is 5.92 Å². The predicted molar refractivity (Wildman–Crippen MR) is 88.7 cm³/mol. The van der Waals surface area contributed by atoms with Gasteiger partial charge in [-0.25, -0.2) is 0 Å². The number of hydrogen-bond acceptors (Lipinski definition) is 7. The Labute approximate surface area is 146 Å². The topological polar surface area (TPSA) is 141 Å². The van der Waals surface area contributed by atoms with E-state index < -0.39 is 34.3 Å². The number of hydrogen-bond donors (Lipinski definition) is 2. The number of methoxy groups -OCH3 is 1. The standard InChI is InChI=1S/C16H12N4O6/c1-26-16(23)13-9-6-12(20(24)25)11(7-10(9)18-15(13)22)19-14(21)8-2-4-17-5-3-8/h2-7,13H,1H3,(H,18,22)(H,19,21). The lowest BCUT2D eigenvalue weighted by Crippen LogP contribution is -2.21. The normalized spacial score (nSPS) is 15.0. The largest absolute Gasteiger partial charge is 0.468 e. The van der Waals surface area contributed by atoms with Gasteiger partial charge in [-0.2, -0.15) is 0 Å². The van der Waals surface area contributed by atoms with Crippen LogP contribution in [0.5, 0.6) is 0 Å². The Kier molecular flexibility index (Phi) is 4.31. The lowest BCUT2D eigenvalue weighted by molar-refractivity contribution is -0.384. The molecule has 0 saturated heterocycles. The number of nitro groups is 1. The third-order valence-electron chi connectivity index (χ3n) is 3.82. The van der Waals surface area contributed by atoms with E-state index in [-0.39, 0.29) is 22.5 Å². The number of esters is 1. The van der Waals surface area contributed by atoms with Crippen LogP contribution >= 0.6 is 0 Å². The second kappa shape index (κ2) is 6.59. The smallest absolute Gasteiger partial charge is 0.322 e. The van der Waals surface area contributed by atoms with Gasteiger partial charge in [0.15, 0.2) is 5.92 Å². The van der Waals surface area contributed by atoms with E-state index in [1.54, 1.807) is 0 Å². The maximum Gasteiger partial charge on any atom is 0.322 e. The van der Waals surface area contributed by atoms with Crippen LogP contribution in [0.2, 0.25) is 0 Å². The highest BCUT2D eigenvalue weighted by atomic mass is 16.6. The summed E-state index contributed by atoms with van der Waals surface area (Å²) in [4.78, 5) is 50.5. The van der Waals surface area contributed by atoms with E-state index in [0.29, 0.717) is 0 Å². The molecule has 0 radical (unpaired) electrons. The molecular formula is C16H12N4O6. The number of pyridine rings is 1. The van der Waals surface area contributed by atoms with Crippen molar-refractivity contribution in [1.29, 1.82) is 0 Å². The van der Waals surface area contributed by atoms with Gasteiger partial charge < -0.3 is 15.4 Å². The number of rotatable bonds is 4. The van der Waals surface area contributed by atoms with Gasteiger partial charge in [-0.15, -0.1) is 0 Å². The summed E-state index contributed by atoms with van der Waals surface area (Å²) in [7, 11) is 1.12. The first-order valence-corrected chi connectivity index (χ1v) is 7.34. The molecule has 1 aromatic carbocycles. The van der Waals surface area contributed by atoms with Crippen LogP contribution in [0.3, 0.4) is 0 Å². The predicted octanol–water partition coefficient (Wildman–Crippen LogP) is 1.45. The molecule has 1 aliphatic heterocycles. The Hall–Kier alpha value is -3.82. The molecule has 26 heavy (non-hydrogen) atoms. The zero-order valence-corrected chi connectivity index (χ0v) is 13.4. The Morgan fingerprint density at radius 1 is 1.31 bits per heavy atom. The van der Waals surface area contributed by atoms with Crippen LogP contribution in [0, 0.1) is 10.1 Å². The Morgan fingerprint density at radius 3 is 2.62 bits per heavy atom. The van der Waals surface area contributed by atoms with E-state index in [2.05, 4.69) is 20.4 Å². The molecule has 2 amide bonds. The average molecular weight is 356 g/mol. The Bertz CT molecular complexity index is 928. The molecule has 0 fully saturated rings. The van der Waals surface area contributed by atoms with Gasteiger partial charge in [-0.3, -0.25) is 29.5 Å². The van der Waals surface area contributed by atoms with Crippen LogP contribution in [0.1, 0.15) is 21.8 Å². The molecule has 0 spiro atoms. The van der Waals surface area contributed by atoms with Crippen LogP contribution in [-0.4, -0.2) is 34.8 Å². The molecule has 0 aliphatic carbocycles. The van der Waals surface area contributed by atoms with Crippen LogP contribution in [0.25, 0.3) is 0 Å². The highest BCUT2D eigenvalue weighted by Crippen LogP contribution is 2.40. The van der Waals surface area contributed by atoms with Crippen molar-refractivity contribution in [3.05, 3.63) is 57.9 Å². The molecule has 10 nitrogen and oxygen atoms in total. The van der Waals surface area contributed by atoms with Crippen molar-refractivity contribution < 1.29 is 24.0 Å². The SMILES string of the molecule is COC(=O)C1C(=O)Nc2cc(NC(=O)c3ccncc3)c([N+](=O)[O-])cc21. The van der Waals surface area contributed by atoms with E-state index >= 15 is 0 Å². The summed E-state index contributed by atoms with van der Waals surface area (Å²) >= 11 is 0. The van der Waals surface area contributed by atoms with Crippen LogP contribution in [0.15, 0.2) is 36.7 Å². The molecule has 0 bridgehead atoms. The Morgan fingerprint density at radius 2 is 2.00 bits per heavy atom. The average Bonchev–Trinajstić information content (AvgIpc) is 2.95. The van der Waals surface area contributed by atoms with E-state index in [1.165, 1.54) is 30.6 Å². The second-order valence-corrected chi connectivity index (χ2v) is 5.35. The number of aromatic nitrogens is 1. The van der Waals surface area contributed by atoms with Crippen LogP contribution in [-0.2, 0) is 14.3 Å². The van der Waals surface area contributed by atoms with E-state index in [4.69, 9.17) is 0 Å². The zero-order chi connectivity index (χ0) is 18.8. The molecule has 1 aliphatic rings. The number of ether oxygens (including phenoxy) is 1. The Balaban J connectivity index is 2.01. The number of carbonyl (C=O) groups excluding carboxylic acids is 3. The van der Waals surface area contributed by atoms with Gasteiger partial charge in [0.05, 0.1) is 12.0 Å². The first-order chi connectivity index (χ1) is 12.4. The number of benzene rings is 1. The van der Waals surface area contributed by atoms with Crippen molar-refractivity contribution in [3.8, 4) is 0 Å². The third kappa shape index (κ3) is 2.95. The number of nitro benzene ring substituents is 1. The minimum absolute atomic E-state index is 0.110. The number of amides is 2. The van der Waals surface area contributed by atoms with Crippen molar-refractivity contribution in [3.63, 3.8) is 0 Å². The van der Waals surface area contributed by atoms with Gasteiger partial charge in [-0.1, -0.05) is 0 Å². The highest BCUT2D eigenvalue weighted by Gasteiger charge is 2.39. The second-order valence-electron chi connectivity index (χ2n) is 5.35. The molecule has 0 saturated carbocycles. The molecule has 1 unspecified atom stereocenters. The monoisotopic (exact) mass is 356 g/mol. The third-order valence-corrected chi connectivity index (χ3v) is 3.82. The summed E-state index contributed by atoms with van der Waals surface area (Å²) in [6, 6.07) is 5.22. The number of carbonyl (C=O) groups is 3. The summed E-state index contributed by atoms with van der Waals surface area (Å²) in [6.07, 6.45) is 2.82. The minimum Gasteiger partial charge on any atom is -0.468 e. The van der Waals surface area contributed by atoms with E-state index in [9.17, 15) is 24.5 Å². The lowest BCUT2D eigenvalue weighted by Gasteiger charge is -2.10. The lowest BCUT2D eigenvalue weighted by atomic mass is 9.99. The number of nitrogens with zero attached hydrogens (tertiary/aromatic N) is 2. The quantitative estimate of drug-likeness (QED) is 0.365. The summed E-state index contributed by atoms with van der Waals surface area (Å²) in [5.74, 6) is -3.36.